The fourth-order valence-electron chi connectivity index (χ4n) is 4.05. The molecule has 0 saturated carbocycles. The van der Waals surface area contributed by atoms with Gasteiger partial charge in [0, 0.05) is 18.1 Å². The lowest BCUT2D eigenvalue weighted by molar-refractivity contribution is -0.133. The normalized spacial score (nSPS) is 17.2. The number of nitrogens with one attached hydrogen (secondary N) is 3. The van der Waals surface area contributed by atoms with Gasteiger partial charge in [0.2, 0.25) is 5.79 Å². The van der Waals surface area contributed by atoms with Gasteiger partial charge >= 0.3 is 5.97 Å². The molecule has 1 aliphatic rings. The zero-order valence-electron chi connectivity index (χ0n) is 19.2. The number of halogens is 2. The molecule has 1 amide bonds. The van der Waals surface area contributed by atoms with Gasteiger partial charge in [0.05, 0.1) is 40.4 Å². The maximum atomic E-state index is 12.7. The number of primary amides is 1. The lowest BCUT2D eigenvalue weighted by Crippen LogP contribution is -2.69. The van der Waals surface area contributed by atoms with Gasteiger partial charge in [-0.05, 0) is 43.4 Å². The van der Waals surface area contributed by atoms with Crippen molar-refractivity contribution in [3.8, 4) is 0 Å². The number of aliphatic hydroxyl groups excluding tert-OH is 1. The van der Waals surface area contributed by atoms with Crippen LogP contribution in [0.4, 0.5) is 16.5 Å². The Labute approximate surface area is 222 Å². The van der Waals surface area contributed by atoms with Gasteiger partial charge in [0.25, 0.3) is 5.91 Å². The molecule has 14 heteroatoms. The number of rotatable bonds is 11. The highest BCUT2D eigenvalue weighted by Crippen LogP contribution is 2.44. The summed E-state index contributed by atoms with van der Waals surface area (Å²) >= 11 is 7.46. The number of likely N-dealkylation sites (N-methyl/N-ethyl adjacent to an activating group) is 1. The molecule has 0 spiro atoms. The van der Waals surface area contributed by atoms with Crippen molar-refractivity contribution < 1.29 is 24.5 Å². The minimum Gasteiger partial charge on any atom is -0.478 e. The molecular weight excluding hydrogens is 531 g/mol. The summed E-state index contributed by atoms with van der Waals surface area (Å²) in [6, 6.07) is 9.93. The molecular formula is C22H26Cl2N6O5S. The fraction of sp³-hybridized carbons (Fsp3) is 0.318. The topological polar surface area (TPSA) is 162 Å². The van der Waals surface area contributed by atoms with E-state index in [9.17, 15) is 19.8 Å². The van der Waals surface area contributed by atoms with E-state index in [1.165, 1.54) is 23.5 Å². The van der Waals surface area contributed by atoms with Crippen LogP contribution in [-0.2, 0) is 9.53 Å². The molecule has 11 nitrogen and oxygen atoms in total. The first-order valence-corrected chi connectivity index (χ1v) is 11.9. The van der Waals surface area contributed by atoms with E-state index in [0.29, 0.717) is 40.1 Å². The Hall–Kier alpha value is -2.87. The number of aromatic carboxylic acids is 1. The summed E-state index contributed by atoms with van der Waals surface area (Å²) < 4.78 is 6.58. The van der Waals surface area contributed by atoms with Crippen LogP contribution in [-0.4, -0.2) is 72.3 Å². The molecule has 194 valence electrons. The number of fused-ring (bicyclic) bond motifs is 2. The van der Waals surface area contributed by atoms with E-state index in [1.54, 1.807) is 31.3 Å². The van der Waals surface area contributed by atoms with Gasteiger partial charge in [-0.25, -0.2) is 9.78 Å². The summed E-state index contributed by atoms with van der Waals surface area (Å²) in [5, 5.41) is 29.5. The van der Waals surface area contributed by atoms with Gasteiger partial charge < -0.3 is 41.5 Å². The van der Waals surface area contributed by atoms with Crippen LogP contribution < -0.4 is 26.6 Å². The summed E-state index contributed by atoms with van der Waals surface area (Å²) in [6.07, 6.45) is -1.30. The highest BCUT2D eigenvalue weighted by atomic mass is 35.5. The summed E-state index contributed by atoms with van der Waals surface area (Å²) in [6.45, 7) is 0.432. The number of ether oxygens (including phenoxy) is 1. The molecule has 2 aromatic carbocycles. The molecule has 4 rings (SSSR count). The smallest absolute Gasteiger partial charge is 0.335 e. The standard InChI is InChI=1S/C22H25ClN6O5S.ClH/c1-25-6-7-29-16-5-2-12(20(32)33)10-15(16)27-22(29,18(19(24)31)34-9-8-30)28-21-26-14-4-3-13(23)11-17(14)35-21;/h2-5,10-11,18,25,27,30H,6-9H2,1H3,(H2,24,31)(H,26,28)(H,32,33);1H. The predicted molar refractivity (Wildman–Crippen MR) is 143 cm³/mol. The van der Waals surface area contributed by atoms with Gasteiger partial charge in [-0.2, -0.15) is 0 Å². The second kappa shape index (κ2) is 11.5. The van der Waals surface area contributed by atoms with E-state index in [2.05, 4.69) is 20.9 Å². The Kier molecular flexibility index (Phi) is 8.82. The van der Waals surface area contributed by atoms with E-state index < -0.39 is 23.8 Å². The molecule has 1 aliphatic heterocycles. The maximum Gasteiger partial charge on any atom is 0.335 e. The SMILES string of the molecule is CNCCN1c2ccc(C(=O)O)cc2NC1(Nc1nc2ccc(Cl)cc2s1)C(OCCO)C(N)=O.Cl. The Bertz CT molecular complexity index is 1260. The lowest BCUT2D eigenvalue weighted by Gasteiger charge is -2.44. The zero-order valence-corrected chi connectivity index (χ0v) is 21.5. The number of amides is 1. The average Bonchev–Trinajstić information content (AvgIpc) is 3.34. The number of carbonyl (C=O) groups is 2. The zero-order chi connectivity index (χ0) is 25.2. The number of thiazole rings is 1. The van der Waals surface area contributed by atoms with E-state index >= 15 is 0 Å². The largest absolute Gasteiger partial charge is 0.478 e. The van der Waals surface area contributed by atoms with Crippen molar-refractivity contribution in [2.75, 3.05) is 48.9 Å². The van der Waals surface area contributed by atoms with Crippen LogP contribution in [0.15, 0.2) is 36.4 Å². The number of carbonyl (C=O) groups excluding carboxylic acids is 1. The molecule has 2 atom stereocenters. The molecule has 36 heavy (non-hydrogen) atoms. The van der Waals surface area contributed by atoms with Crippen molar-refractivity contribution in [2.45, 2.75) is 11.9 Å². The molecule has 7 N–H and O–H groups in total. The predicted octanol–water partition coefficient (Wildman–Crippen LogP) is 2.15. The van der Waals surface area contributed by atoms with Crippen molar-refractivity contribution >= 4 is 73.9 Å². The second-order valence-electron chi connectivity index (χ2n) is 7.82. The molecule has 0 aliphatic carbocycles. The summed E-state index contributed by atoms with van der Waals surface area (Å²) in [5.74, 6) is -3.36. The van der Waals surface area contributed by atoms with E-state index in [-0.39, 0.29) is 31.2 Å². The molecule has 0 fully saturated rings. The van der Waals surface area contributed by atoms with Crippen molar-refractivity contribution in [3.63, 3.8) is 0 Å². The number of aromatic nitrogens is 1. The molecule has 0 bridgehead atoms. The first kappa shape index (κ1) is 27.7. The first-order valence-electron chi connectivity index (χ1n) is 10.7. The van der Waals surface area contributed by atoms with Gasteiger partial charge in [-0.1, -0.05) is 22.9 Å². The van der Waals surface area contributed by atoms with Crippen molar-refractivity contribution in [1.29, 1.82) is 0 Å². The minimum atomic E-state index is -1.48. The lowest BCUT2D eigenvalue weighted by atomic mass is 10.1. The third-order valence-corrected chi connectivity index (χ3v) is 6.70. The molecule has 1 aromatic heterocycles. The Morgan fingerprint density at radius 2 is 2.11 bits per heavy atom. The van der Waals surface area contributed by atoms with Crippen LogP contribution in [0.25, 0.3) is 10.2 Å². The Balaban J connectivity index is 0.00000361. The highest BCUT2D eigenvalue weighted by molar-refractivity contribution is 7.22. The first-order chi connectivity index (χ1) is 16.8. The van der Waals surface area contributed by atoms with Gasteiger partial charge in [-0.15, -0.1) is 12.4 Å². The van der Waals surface area contributed by atoms with Gasteiger partial charge in [-0.3, -0.25) is 4.79 Å². The average molecular weight is 557 g/mol. The van der Waals surface area contributed by atoms with E-state index in [4.69, 9.17) is 22.1 Å². The van der Waals surface area contributed by atoms with Crippen molar-refractivity contribution in [1.82, 2.24) is 10.3 Å². The molecule has 2 unspecified atom stereocenters. The Morgan fingerprint density at radius 3 is 2.78 bits per heavy atom. The molecule has 0 radical (unpaired) electrons. The third-order valence-electron chi connectivity index (χ3n) is 5.53. The number of hydrogen-bond acceptors (Lipinski definition) is 10. The summed E-state index contributed by atoms with van der Waals surface area (Å²) in [5.41, 5.74) is 7.68. The number of anilines is 3. The van der Waals surface area contributed by atoms with Crippen LogP contribution in [0.1, 0.15) is 10.4 Å². The number of carboxylic acids is 1. The number of aliphatic hydroxyl groups is 1. The van der Waals surface area contributed by atoms with E-state index in [0.717, 1.165) is 4.70 Å². The van der Waals surface area contributed by atoms with Crippen molar-refractivity contribution in [3.05, 3.63) is 47.0 Å². The third kappa shape index (κ3) is 5.28. The van der Waals surface area contributed by atoms with Crippen LogP contribution in [0, 0.1) is 0 Å². The maximum absolute atomic E-state index is 12.7. The van der Waals surface area contributed by atoms with Gasteiger partial charge in [0.1, 0.15) is 0 Å². The number of benzene rings is 2. The second-order valence-corrected chi connectivity index (χ2v) is 9.28. The molecule has 2 heterocycles. The van der Waals surface area contributed by atoms with E-state index in [1.807, 2.05) is 4.90 Å². The molecule has 3 aromatic rings. The molecule has 0 saturated heterocycles. The van der Waals surface area contributed by atoms with Crippen LogP contribution in [0.3, 0.4) is 0 Å². The van der Waals surface area contributed by atoms with Gasteiger partial charge in [0.15, 0.2) is 11.2 Å². The Morgan fingerprint density at radius 1 is 1.33 bits per heavy atom. The summed E-state index contributed by atoms with van der Waals surface area (Å²) in [7, 11) is 1.79. The quantitative estimate of drug-likeness (QED) is 0.206. The number of hydrogen-bond donors (Lipinski definition) is 6. The number of nitrogens with zero attached hydrogens (tertiary/aromatic N) is 2. The van der Waals surface area contributed by atoms with Crippen LogP contribution in [0.5, 0.6) is 0 Å². The number of nitrogens with two attached hydrogens (primary N) is 1. The minimum absolute atomic E-state index is 0. The monoisotopic (exact) mass is 556 g/mol. The van der Waals surface area contributed by atoms with Crippen molar-refractivity contribution in [2.24, 2.45) is 5.73 Å². The highest BCUT2D eigenvalue weighted by Gasteiger charge is 2.53. The summed E-state index contributed by atoms with van der Waals surface area (Å²) in [4.78, 5) is 30.8. The fourth-order valence-corrected chi connectivity index (χ4v) is 5.25. The van der Waals surface area contributed by atoms with Crippen LogP contribution in [0.2, 0.25) is 5.02 Å². The van der Waals surface area contributed by atoms with Crippen LogP contribution >= 0.6 is 35.3 Å². The number of carboxylic acid groups (broad SMARTS) is 1.